The molecular formula is C45H88ClN3O5. The van der Waals surface area contributed by atoms with Crippen LogP contribution in [0.3, 0.4) is 0 Å². The van der Waals surface area contributed by atoms with Crippen LogP contribution in [0.5, 0.6) is 0 Å². The molecule has 0 aromatic carbocycles. The summed E-state index contributed by atoms with van der Waals surface area (Å²) in [6.07, 6.45) is 40.1. The zero-order chi connectivity index (χ0) is 39.0. The van der Waals surface area contributed by atoms with E-state index in [0.717, 1.165) is 32.1 Å². The molecule has 2 amide bonds. The number of hydrogen-bond donors (Lipinski definition) is 4. The maximum Gasteiger partial charge on any atom is 0.303 e. The normalized spacial score (nSPS) is 12.2. The van der Waals surface area contributed by atoms with Crippen molar-refractivity contribution in [2.24, 2.45) is 0 Å². The molecular weight excluding hydrogens is 698 g/mol. The standard InChI is InChI=1S/C45H87N3O5.ClH/c1-3-5-7-9-11-13-15-17-19-21-23-25-27-29-31-33-43(50)47-39-40(35-37-42(49)41(46)36-38-45(52)53)48-44(51)34-32-30-28-26-24-22-20-18-16-14-12-10-8-6-4-2;/h40-41H,3-39,46H2,1-2H3,(H,47,50)(H,48,51)(H,52,53);1H. The summed E-state index contributed by atoms with van der Waals surface area (Å²) in [6, 6.07) is -0.915. The summed E-state index contributed by atoms with van der Waals surface area (Å²) in [5.74, 6) is -1.08. The Morgan fingerprint density at radius 1 is 0.463 bits per heavy atom. The first-order valence-corrected chi connectivity index (χ1v) is 22.9. The van der Waals surface area contributed by atoms with Crippen molar-refractivity contribution < 1.29 is 42.4 Å². The molecule has 0 aromatic rings. The number of rotatable bonds is 42. The first kappa shape index (κ1) is 54.4. The van der Waals surface area contributed by atoms with Gasteiger partial charge in [0.05, 0.1) is 6.42 Å². The molecule has 0 aromatic heterocycles. The van der Waals surface area contributed by atoms with Crippen molar-refractivity contribution in [1.29, 1.82) is 0 Å². The van der Waals surface area contributed by atoms with Gasteiger partial charge in [-0.05, 0) is 19.3 Å². The van der Waals surface area contributed by atoms with Crippen molar-refractivity contribution in [1.82, 2.24) is 10.6 Å². The summed E-state index contributed by atoms with van der Waals surface area (Å²) >= 11 is 0. The number of carbonyl (C=O) groups is 4. The lowest BCUT2D eigenvalue weighted by Crippen LogP contribution is -3.00. The molecule has 9 heteroatoms. The van der Waals surface area contributed by atoms with Crippen LogP contribution < -0.4 is 28.8 Å². The number of hydrogen-bond acceptors (Lipinski definition) is 4. The molecule has 0 heterocycles. The van der Waals surface area contributed by atoms with Gasteiger partial charge >= 0.3 is 5.97 Å². The van der Waals surface area contributed by atoms with Crippen LogP contribution in [-0.4, -0.2) is 47.3 Å². The summed E-state index contributed by atoms with van der Waals surface area (Å²) in [5, 5.41) is 15.0. The second kappa shape index (κ2) is 42.5. The average Bonchev–Trinajstić information content (AvgIpc) is 3.14. The minimum atomic E-state index is -0.938. The number of ketones is 1. The van der Waals surface area contributed by atoms with Gasteiger partial charge in [0.25, 0.3) is 0 Å². The highest BCUT2D eigenvalue weighted by atomic mass is 35.5. The van der Waals surface area contributed by atoms with E-state index < -0.39 is 12.0 Å². The van der Waals surface area contributed by atoms with Gasteiger partial charge < -0.3 is 33.9 Å². The molecule has 6 N–H and O–H groups in total. The molecule has 2 unspecified atom stereocenters. The quantitative estimate of drug-likeness (QED) is 0.0466. The molecule has 54 heavy (non-hydrogen) atoms. The van der Waals surface area contributed by atoms with Gasteiger partial charge in [0, 0.05) is 38.3 Å². The summed E-state index contributed by atoms with van der Waals surface area (Å²) in [6.45, 7) is 4.83. The van der Waals surface area contributed by atoms with Crippen LogP contribution in [0.1, 0.15) is 245 Å². The lowest BCUT2D eigenvalue weighted by molar-refractivity contribution is -0.404. The Labute approximate surface area is 339 Å². The van der Waals surface area contributed by atoms with Gasteiger partial charge in [0.15, 0.2) is 5.78 Å². The van der Waals surface area contributed by atoms with Gasteiger partial charge in [0.2, 0.25) is 11.8 Å². The Bertz CT molecular complexity index is 874. The summed E-state index contributed by atoms with van der Waals surface area (Å²) < 4.78 is 0. The fourth-order valence-corrected chi connectivity index (χ4v) is 7.14. The topological polar surface area (TPSA) is 140 Å². The molecule has 0 spiro atoms. The van der Waals surface area contributed by atoms with Crippen LogP contribution in [0.25, 0.3) is 0 Å². The lowest BCUT2D eigenvalue weighted by atomic mass is 10.0. The third-order valence-corrected chi connectivity index (χ3v) is 10.8. The largest absolute Gasteiger partial charge is 1.00 e. The van der Waals surface area contributed by atoms with Crippen LogP contribution in [0.4, 0.5) is 0 Å². The van der Waals surface area contributed by atoms with Crippen LogP contribution in [-0.2, 0) is 19.2 Å². The van der Waals surface area contributed by atoms with E-state index in [0.29, 0.717) is 25.8 Å². The number of carbonyl (C=O) groups excluding carboxylic acids is 3. The number of Topliss-reactive ketones (excluding diaryl/α,β-unsaturated/α-hetero) is 1. The number of quaternary nitrogens is 1. The third kappa shape index (κ3) is 40.0. The molecule has 0 aliphatic heterocycles. The minimum absolute atomic E-state index is 0. The number of aliphatic carboxylic acids is 1. The first-order valence-electron chi connectivity index (χ1n) is 22.9. The predicted octanol–water partition coefficient (Wildman–Crippen LogP) is 7.94. The van der Waals surface area contributed by atoms with Crippen molar-refractivity contribution in [2.45, 2.75) is 257 Å². The van der Waals surface area contributed by atoms with Crippen molar-refractivity contribution in [3.63, 3.8) is 0 Å². The van der Waals surface area contributed by atoms with Crippen LogP contribution in [0.15, 0.2) is 0 Å². The highest BCUT2D eigenvalue weighted by molar-refractivity contribution is 5.83. The van der Waals surface area contributed by atoms with E-state index in [1.807, 2.05) is 0 Å². The molecule has 8 nitrogen and oxygen atoms in total. The SMILES string of the molecule is CCCCCCCCCCCCCCCCCC(=O)NCC(CCC(=O)C([NH3+])CCC(=O)O)NC(=O)CCCCCCCCCCCCCCCCC.[Cl-]. The molecule has 0 fully saturated rings. The van der Waals surface area contributed by atoms with Crippen LogP contribution in [0, 0.1) is 0 Å². The fraction of sp³-hybridized carbons (Fsp3) is 0.911. The van der Waals surface area contributed by atoms with E-state index in [1.54, 1.807) is 0 Å². The highest BCUT2D eigenvalue weighted by Gasteiger charge is 2.21. The van der Waals surface area contributed by atoms with E-state index in [9.17, 15) is 19.2 Å². The molecule has 0 aliphatic rings. The molecule has 0 saturated heterocycles. The second-order valence-electron chi connectivity index (χ2n) is 16.1. The van der Waals surface area contributed by atoms with Gasteiger partial charge in [-0.3, -0.25) is 19.2 Å². The fourth-order valence-electron chi connectivity index (χ4n) is 7.14. The Morgan fingerprint density at radius 3 is 1.15 bits per heavy atom. The average molecular weight is 787 g/mol. The van der Waals surface area contributed by atoms with Crippen molar-refractivity contribution in [3.05, 3.63) is 0 Å². The Hall–Kier alpha value is -1.67. The van der Waals surface area contributed by atoms with E-state index in [2.05, 4.69) is 30.2 Å². The summed E-state index contributed by atoms with van der Waals surface area (Å²) in [5.41, 5.74) is 3.85. The van der Waals surface area contributed by atoms with Gasteiger partial charge in [-0.15, -0.1) is 0 Å². The lowest BCUT2D eigenvalue weighted by Gasteiger charge is -2.20. The van der Waals surface area contributed by atoms with E-state index in [1.165, 1.54) is 161 Å². The number of halogens is 1. The molecule has 2 atom stereocenters. The van der Waals surface area contributed by atoms with Gasteiger partial charge in [-0.1, -0.05) is 194 Å². The van der Waals surface area contributed by atoms with Gasteiger partial charge in [-0.25, -0.2) is 0 Å². The molecule has 0 aliphatic carbocycles. The van der Waals surface area contributed by atoms with E-state index in [-0.39, 0.29) is 55.3 Å². The van der Waals surface area contributed by atoms with Crippen LogP contribution >= 0.6 is 0 Å². The molecule has 0 rings (SSSR count). The van der Waals surface area contributed by atoms with Crippen molar-refractivity contribution >= 4 is 23.6 Å². The number of nitrogens with one attached hydrogen (secondary N) is 2. The number of unbranched alkanes of at least 4 members (excludes halogenated alkanes) is 28. The number of amides is 2. The van der Waals surface area contributed by atoms with E-state index in [4.69, 9.17) is 5.11 Å². The second-order valence-corrected chi connectivity index (χ2v) is 16.1. The first-order chi connectivity index (χ1) is 25.8. The van der Waals surface area contributed by atoms with Crippen molar-refractivity contribution in [3.8, 4) is 0 Å². The maximum absolute atomic E-state index is 12.8. The molecule has 320 valence electrons. The van der Waals surface area contributed by atoms with Crippen molar-refractivity contribution in [2.75, 3.05) is 6.54 Å². The smallest absolute Gasteiger partial charge is 0.303 e. The van der Waals surface area contributed by atoms with E-state index >= 15 is 0 Å². The Balaban J connectivity index is 0. The summed E-state index contributed by atoms with van der Waals surface area (Å²) in [4.78, 5) is 49.0. The maximum atomic E-state index is 12.8. The number of carboxylic acids is 1. The molecule has 0 saturated carbocycles. The summed E-state index contributed by atoms with van der Waals surface area (Å²) in [7, 11) is 0. The zero-order valence-electron chi connectivity index (χ0n) is 35.5. The third-order valence-electron chi connectivity index (χ3n) is 10.8. The Morgan fingerprint density at radius 2 is 0.796 bits per heavy atom. The molecule has 0 radical (unpaired) electrons. The number of carboxylic acid groups (broad SMARTS) is 1. The predicted molar refractivity (Wildman–Crippen MR) is 222 cm³/mol. The Kier molecular flexibility index (Phi) is 42.8. The van der Waals surface area contributed by atoms with Gasteiger partial charge in [0.1, 0.15) is 6.04 Å². The van der Waals surface area contributed by atoms with Gasteiger partial charge in [-0.2, -0.15) is 0 Å². The monoisotopic (exact) mass is 786 g/mol. The van der Waals surface area contributed by atoms with Crippen LogP contribution in [0.2, 0.25) is 0 Å². The minimum Gasteiger partial charge on any atom is -1.00 e. The zero-order valence-corrected chi connectivity index (χ0v) is 36.2. The molecule has 0 bridgehead atoms. The highest BCUT2D eigenvalue weighted by Crippen LogP contribution is 2.15.